The zero-order valence-electron chi connectivity index (χ0n) is 16.2. The molecular formula is C21H20N6OS. The van der Waals surface area contributed by atoms with Crippen LogP contribution >= 0.6 is 11.3 Å². The summed E-state index contributed by atoms with van der Waals surface area (Å²) in [6.45, 7) is 0.629. The molecule has 0 amide bonds. The van der Waals surface area contributed by atoms with Crippen LogP contribution in [0.25, 0.3) is 10.3 Å². The first-order valence-electron chi connectivity index (χ1n) is 9.13. The third kappa shape index (κ3) is 4.07. The van der Waals surface area contributed by atoms with Gasteiger partial charge in [0.1, 0.15) is 5.01 Å². The van der Waals surface area contributed by atoms with Gasteiger partial charge >= 0.3 is 0 Å². The summed E-state index contributed by atoms with van der Waals surface area (Å²) in [4.78, 5) is 24.9. The number of carbonyl (C=O) groups is 1. The predicted octanol–water partition coefficient (Wildman–Crippen LogP) is 3.29. The van der Waals surface area contributed by atoms with E-state index in [2.05, 4.69) is 15.1 Å². The number of hydrazone groups is 1. The lowest BCUT2D eigenvalue weighted by Crippen LogP contribution is -2.11. The minimum absolute atomic E-state index is 0.571. The fourth-order valence-electron chi connectivity index (χ4n) is 3.12. The molecule has 0 bridgehead atoms. The van der Waals surface area contributed by atoms with Crippen molar-refractivity contribution in [3.05, 3.63) is 76.4 Å². The predicted molar refractivity (Wildman–Crippen MR) is 114 cm³/mol. The van der Waals surface area contributed by atoms with Crippen LogP contribution in [0.4, 0.5) is 0 Å². The van der Waals surface area contributed by atoms with E-state index >= 15 is 0 Å². The SMILES string of the molecule is CN(Cc1cccnc1)/N=C\c1c(C=O)n(C)c2nc(Cc3ccccn3)sc12. The zero-order chi connectivity index (χ0) is 20.2. The Morgan fingerprint density at radius 3 is 2.86 bits per heavy atom. The van der Waals surface area contributed by atoms with Crippen molar-refractivity contribution in [2.24, 2.45) is 12.1 Å². The molecule has 0 aliphatic carbocycles. The Morgan fingerprint density at radius 2 is 2.14 bits per heavy atom. The highest BCUT2D eigenvalue weighted by Gasteiger charge is 2.18. The van der Waals surface area contributed by atoms with E-state index in [1.165, 1.54) is 0 Å². The van der Waals surface area contributed by atoms with Crippen molar-refractivity contribution in [1.29, 1.82) is 0 Å². The highest BCUT2D eigenvalue weighted by atomic mass is 32.1. The molecule has 4 heterocycles. The first-order chi connectivity index (χ1) is 14.2. The normalized spacial score (nSPS) is 11.4. The third-order valence-electron chi connectivity index (χ3n) is 4.54. The van der Waals surface area contributed by atoms with Crippen molar-refractivity contribution in [1.82, 2.24) is 24.5 Å². The van der Waals surface area contributed by atoms with Crippen molar-refractivity contribution in [3.8, 4) is 0 Å². The largest absolute Gasteiger partial charge is 0.325 e. The van der Waals surface area contributed by atoms with Crippen LogP contribution in [0.1, 0.15) is 32.3 Å². The summed E-state index contributed by atoms with van der Waals surface area (Å²) in [6, 6.07) is 9.76. The lowest BCUT2D eigenvalue weighted by molar-refractivity contribution is 0.111. The van der Waals surface area contributed by atoms with E-state index in [0.717, 1.165) is 38.5 Å². The molecule has 0 fully saturated rings. The molecule has 0 spiro atoms. The second kappa shape index (κ2) is 8.32. The maximum atomic E-state index is 11.7. The first-order valence-corrected chi connectivity index (χ1v) is 9.94. The van der Waals surface area contributed by atoms with Gasteiger partial charge in [-0.3, -0.25) is 19.8 Å². The van der Waals surface area contributed by atoms with Gasteiger partial charge in [-0.25, -0.2) is 4.98 Å². The Kier molecular flexibility index (Phi) is 5.44. The summed E-state index contributed by atoms with van der Waals surface area (Å²) in [5, 5.41) is 7.31. The second-order valence-electron chi connectivity index (χ2n) is 6.66. The molecular weight excluding hydrogens is 384 g/mol. The van der Waals surface area contributed by atoms with Gasteiger partial charge in [-0.05, 0) is 23.8 Å². The van der Waals surface area contributed by atoms with Crippen LogP contribution in [-0.2, 0) is 20.0 Å². The molecule has 8 heteroatoms. The number of aryl methyl sites for hydroxylation is 1. The molecule has 4 aromatic heterocycles. The average molecular weight is 404 g/mol. The van der Waals surface area contributed by atoms with E-state index in [1.807, 2.05) is 60.2 Å². The summed E-state index contributed by atoms with van der Waals surface area (Å²) < 4.78 is 2.78. The van der Waals surface area contributed by atoms with Gasteiger partial charge in [-0.1, -0.05) is 12.1 Å². The lowest BCUT2D eigenvalue weighted by Gasteiger charge is -2.12. The van der Waals surface area contributed by atoms with Crippen LogP contribution < -0.4 is 0 Å². The number of aromatic nitrogens is 4. The lowest BCUT2D eigenvalue weighted by atomic mass is 10.2. The quantitative estimate of drug-likeness (QED) is 0.268. The van der Waals surface area contributed by atoms with Crippen LogP contribution in [0, 0.1) is 0 Å². The molecule has 146 valence electrons. The first kappa shape index (κ1) is 18.9. The standard InChI is InChI=1S/C21H20N6OS/c1-26(13-15-6-5-8-22-11-15)24-12-17-18(14-28)27(2)21-20(17)29-19(25-21)10-16-7-3-4-9-23-16/h3-9,11-12,14H,10,13H2,1-2H3/b24-12-. The van der Waals surface area contributed by atoms with Crippen LogP contribution in [0.15, 0.2) is 54.0 Å². The summed E-state index contributed by atoms with van der Waals surface area (Å²) in [6.07, 6.45) is 8.60. The fraction of sp³-hybridized carbons (Fsp3) is 0.190. The van der Waals surface area contributed by atoms with Crippen molar-refractivity contribution in [3.63, 3.8) is 0 Å². The van der Waals surface area contributed by atoms with Gasteiger partial charge in [0.2, 0.25) is 0 Å². The number of nitrogens with zero attached hydrogens (tertiary/aromatic N) is 6. The summed E-state index contributed by atoms with van der Waals surface area (Å²) in [5.41, 5.74) is 4.19. The van der Waals surface area contributed by atoms with Crippen LogP contribution in [-0.4, -0.2) is 44.1 Å². The molecule has 0 saturated carbocycles. The van der Waals surface area contributed by atoms with Crippen LogP contribution in [0.2, 0.25) is 0 Å². The van der Waals surface area contributed by atoms with E-state index in [0.29, 0.717) is 18.7 Å². The number of rotatable bonds is 7. The van der Waals surface area contributed by atoms with Crippen molar-refractivity contribution < 1.29 is 4.79 Å². The van der Waals surface area contributed by atoms with Crippen molar-refractivity contribution in [2.45, 2.75) is 13.0 Å². The number of thiazole rings is 1. The monoisotopic (exact) mass is 404 g/mol. The molecule has 7 nitrogen and oxygen atoms in total. The Morgan fingerprint density at radius 1 is 1.24 bits per heavy atom. The van der Waals surface area contributed by atoms with Crippen molar-refractivity contribution >= 4 is 34.2 Å². The van der Waals surface area contributed by atoms with Gasteiger partial charge in [0.25, 0.3) is 0 Å². The molecule has 4 rings (SSSR count). The maximum absolute atomic E-state index is 11.7. The molecule has 0 unspecified atom stereocenters. The van der Waals surface area contributed by atoms with Crippen LogP contribution in [0.5, 0.6) is 0 Å². The Hall–Kier alpha value is -3.39. The molecule has 0 aliphatic heterocycles. The number of carbonyl (C=O) groups excluding carboxylic acids is 1. The molecule has 0 saturated heterocycles. The minimum Gasteiger partial charge on any atom is -0.325 e. The van der Waals surface area contributed by atoms with E-state index in [1.54, 1.807) is 29.9 Å². The van der Waals surface area contributed by atoms with E-state index in [9.17, 15) is 4.79 Å². The molecule has 0 aliphatic rings. The fourth-order valence-corrected chi connectivity index (χ4v) is 4.25. The Bertz CT molecular complexity index is 1150. The average Bonchev–Trinajstić information content (AvgIpc) is 3.25. The van der Waals surface area contributed by atoms with Gasteiger partial charge in [0, 0.05) is 50.4 Å². The number of pyridine rings is 2. The summed E-state index contributed by atoms with van der Waals surface area (Å²) in [7, 11) is 3.75. The van der Waals surface area contributed by atoms with E-state index < -0.39 is 0 Å². The molecule has 29 heavy (non-hydrogen) atoms. The smallest absolute Gasteiger partial charge is 0.167 e. The molecule has 4 aromatic rings. The maximum Gasteiger partial charge on any atom is 0.167 e. The Balaban J connectivity index is 1.62. The molecule has 0 N–H and O–H groups in total. The Labute approximate surface area is 172 Å². The van der Waals surface area contributed by atoms with Gasteiger partial charge < -0.3 is 4.57 Å². The minimum atomic E-state index is 0.571. The van der Waals surface area contributed by atoms with E-state index in [4.69, 9.17) is 4.98 Å². The topological polar surface area (TPSA) is 76.3 Å². The zero-order valence-corrected chi connectivity index (χ0v) is 17.0. The highest BCUT2D eigenvalue weighted by molar-refractivity contribution is 7.19. The molecule has 0 radical (unpaired) electrons. The summed E-state index contributed by atoms with van der Waals surface area (Å²) in [5.74, 6) is 0. The van der Waals surface area contributed by atoms with E-state index in [-0.39, 0.29) is 0 Å². The van der Waals surface area contributed by atoms with Gasteiger partial charge in [0.05, 0.1) is 23.2 Å². The van der Waals surface area contributed by atoms with Crippen LogP contribution in [0.3, 0.4) is 0 Å². The van der Waals surface area contributed by atoms with Gasteiger partial charge in [0.15, 0.2) is 11.9 Å². The number of aldehydes is 1. The second-order valence-corrected chi connectivity index (χ2v) is 7.74. The summed E-state index contributed by atoms with van der Waals surface area (Å²) >= 11 is 1.57. The number of hydrogen-bond acceptors (Lipinski definition) is 7. The molecule has 0 aromatic carbocycles. The van der Waals surface area contributed by atoms with Gasteiger partial charge in [-0.15, -0.1) is 11.3 Å². The highest BCUT2D eigenvalue weighted by Crippen LogP contribution is 2.30. The van der Waals surface area contributed by atoms with Crippen molar-refractivity contribution in [2.75, 3.05) is 7.05 Å². The third-order valence-corrected chi connectivity index (χ3v) is 5.62. The number of fused-ring (bicyclic) bond motifs is 1. The van der Waals surface area contributed by atoms with Gasteiger partial charge in [-0.2, -0.15) is 5.10 Å². The molecule has 0 atom stereocenters. The number of hydrogen-bond donors (Lipinski definition) is 0.